The number of carboxylic acids is 1. The summed E-state index contributed by atoms with van der Waals surface area (Å²) in [5.41, 5.74) is 6.91. The van der Waals surface area contributed by atoms with Crippen LogP contribution in [0.5, 0.6) is 0 Å². The van der Waals surface area contributed by atoms with Gasteiger partial charge in [-0.05, 0) is 29.1 Å². The van der Waals surface area contributed by atoms with Gasteiger partial charge in [-0.15, -0.1) is 11.3 Å². The highest BCUT2D eigenvalue weighted by Gasteiger charge is 2.19. The molecule has 1 amide bonds. The maximum Gasteiger partial charge on any atom is 0.305 e. The van der Waals surface area contributed by atoms with Gasteiger partial charge in [0.15, 0.2) is 0 Å². The fourth-order valence-corrected chi connectivity index (χ4v) is 2.42. The molecular weight excluding hydrogens is 276 g/mol. The first-order valence-corrected chi connectivity index (χ1v) is 6.86. The van der Waals surface area contributed by atoms with Gasteiger partial charge >= 0.3 is 5.97 Å². The predicted molar refractivity (Wildman–Crippen MR) is 77.6 cm³/mol. The Morgan fingerprint density at radius 1 is 1.25 bits per heavy atom. The second-order valence-corrected chi connectivity index (χ2v) is 5.22. The molecule has 0 fully saturated rings. The Kier molecular flexibility index (Phi) is 4.37. The van der Waals surface area contributed by atoms with Gasteiger partial charge in [-0.3, -0.25) is 9.59 Å². The van der Waals surface area contributed by atoms with Crippen LogP contribution in [0.3, 0.4) is 0 Å². The van der Waals surface area contributed by atoms with E-state index in [2.05, 4.69) is 5.32 Å². The molecule has 1 aromatic heterocycles. The van der Waals surface area contributed by atoms with Gasteiger partial charge in [0.1, 0.15) is 0 Å². The van der Waals surface area contributed by atoms with Crippen LogP contribution >= 0.6 is 11.3 Å². The van der Waals surface area contributed by atoms with Crippen molar-refractivity contribution < 1.29 is 14.7 Å². The van der Waals surface area contributed by atoms with Gasteiger partial charge in [0.2, 0.25) is 0 Å². The van der Waals surface area contributed by atoms with Crippen molar-refractivity contribution in [2.24, 2.45) is 0 Å². The van der Waals surface area contributed by atoms with Gasteiger partial charge in [0.25, 0.3) is 5.91 Å². The maximum atomic E-state index is 12.0. The van der Waals surface area contributed by atoms with Crippen LogP contribution in [0.2, 0.25) is 0 Å². The lowest BCUT2D eigenvalue weighted by molar-refractivity contribution is -0.137. The van der Waals surface area contributed by atoms with Crippen LogP contribution in [0, 0.1) is 0 Å². The van der Waals surface area contributed by atoms with E-state index in [0.717, 1.165) is 0 Å². The van der Waals surface area contributed by atoms with E-state index in [-0.39, 0.29) is 12.3 Å². The molecular formula is C14H14N2O3S. The monoisotopic (exact) mass is 290 g/mol. The number of benzene rings is 1. The minimum absolute atomic E-state index is 0.180. The number of nitrogens with one attached hydrogen (secondary N) is 1. The Morgan fingerprint density at radius 3 is 2.50 bits per heavy atom. The second kappa shape index (κ2) is 6.21. The number of nitrogen functional groups attached to an aromatic ring is 1. The standard InChI is InChI=1S/C14H14N2O3S/c15-10-5-3-9(4-6-10)11(8-13(17)18)16-14(19)12-2-1-7-20-12/h1-7,11H,8,15H2,(H,16,19)(H,17,18)/t11-/m1/s1. The Balaban J connectivity index is 2.17. The van der Waals surface area contributed by atoms with E-state index < -0.39 is 12.0 Å². The number of hydrogen-bond acceptors (Lipinski definition) is 4. The minimum atomic E-state index is -0.974. The highest BCUT2D eigenvalue weighted by Crippen LogP contribution is 2.20. The van der Waals surface area contributed by atoms with Crippen molar-refractivity contribution in [2.45, 2.75) is 12.5 Å². The number of amides is 1. The fraction of sp³-hybridized carbons (Fsp3) is 0.143. The number of aliphatic carboxylic acids is 1. The van der Waals surface area contributed by atoms with Crippen molar-refractivity contribution in [1.82, 2.24) is 5.32 Å². The van der Waals surface area contributed by atoms with Crippen LogP contribution in [-0.4, -0.2) is 17.0 Å². The highest BCUT2D eigenvalue weighted by molar-refractivity contribution is 7.12. The lowest BCUT2D eigenvalue weighted by atomic mass is 10.0. The summed E-state index contributed by atoms with van der Waals surface area (Å²) in [7, 11) is 0. The zero-order valence-corrected chi connectivity index (χ0v) is 11.4. The van der Waals surface area contributed by atoms with E-state index in [9.17, 15) is 9.59 Å². The molecule has 0 radical (unpaired) electrons. The molecule has 104 valence electrons. The quantitative estimate of drug-likeness (QED) is 0.736. The van der Waals surface area contributed by atoms with Gasteiger partial charge in [-0.1, -0.05) is 18.2 Å². The molecule has 2 aromatic rings. The number of nitrogens with two attached hydrogens (primary N) is 1. The van der Waals surface area contributed by atoms with Gasteiger partial charge in [-0.2, -0.15) is 0 Å². The maximum absolute atomic E-state index is 12.0. The summed E-state index contributed by atoms with van der Waals surface area (Å²) in [6.07, 6.45) is -0.180. The van der Waals surface area contributed by atoms with Gasteiger partial charge in [0, 0.05) is 5.69 Å². The number of carbonyl (C=O) groups excluding carboxylic acids is 1. The van der Waals surface area contributed by atoms with Crippen molar-refractivity contribution in [3.8, 4) is 0 Å². The lowest BCUT2D eigenvalue weighted by Gasteiger charge is -2.17. The molecule has 1 heterocycles. The van der Waals surface area contributed by atoms with Crippen LogP contribution in [-0.2, 0) is 4.79 Å². The number of rotatable bonds is 5. The summed E-state index contributed by atoms with van der Waals surface area (Å²) in [4.78, 5) is 23.5. The zero-order chi connectivity index (χ0) is 14.5. The molecule has 0 saturated carbocycles. The van der Waals surface area contributed by atoms with Gasteiger partial charge in [-0.25, -0.2) is 0 Å². The molecule has 4 N–H and O–H groups in total. The Bertz CT molecular complexity index is 593. The molecule has 5 nitrogen and oxygen atoms in total. The first-order valence-electron chi connectivity index (χ1n) is 5.98. The zero-order valence-electron chi connectivity index (χ0n) is 10.6. The molecule has 0 spiro atoms. The average molecular weight is 290 g/mol. The summed E-state index contributed by atoms with van der Waals surface area (Å²) in [6.45, 7) is 0. The van der Waals surface area contributed by atoms with E-state index in [1.807, 2.05) is 0 Å². The van der Waals surface area contributed by atoms with E-state index >= 15 is 0 Å². The van der Waals surface area contributed by atoms with E-state index in [4.69, 9.17) is 10.8 Å². The molecule has 0 saturated heterocycles. The van der Waals surface area contributed by atoms with Gasteiger partial charge < -0.3 is 16.2 Å². The van der Waals surface area contributed by atoms with Crippen LogP contribution in [0.15, 0.2) is 41.8 Å². The van der Waals surface area contributed by atoms with Crippen molar-refractivity contribution in [1.29, 1.82) is 0 Å². The Morgan fingerprint density at radius 2 is 1.95 bits per heavy atom. The highest BCUT2D eigenvalue weighted by atomic mass is 32.1. The smallest absolute Gasteiger partial charge is 0.305 e. The third-order valence-corrected chi connectivity index (χ3v) is 3.64. The number of carbonyl (C=O) groups is 2. The van der Waals surface area contributed by atoms with Crippen molar-refractivity contribution in [2.75, 3.05) is 5.73 Å². The Hall–Kier alpha value is -2.34. The summed E-state index contributed by atoms with van der Waals surface area (Å²) >= 11 is 1.31. The minimum Gasteiger partial charge on any atom is -0.481 e. The molecule has 0 aliphatic rings. The molecule has 0 unspecified atom stereocenters. The number of hydrogen-bond donors (Lipinski definition) is 3. The first-order chi connectivity index (χ1) is 9.56. The third-order valence-electron chi connectivity index (χ3n) is 2.77. The second-order valence-electron chi connectivity index (χ2n) is 4.27. The SMILES string of the molecule is Nc1ccc([C@@H](CC(=O)O)NC(=O)c2cccs2)cc1. The summed E-state index contributed by atoms with van der Waals surface area (Å²) < 4.78 is 0. The number of carboxylic acid groups (broad SMARTS) is 1. The van der Waals surface area contributed by atoms with Crippen LogP contribution in [0.1, 0.15) is 27.7 Å². The molecule has 0 bridgehead atoms. The average Bonchev–Trinajstić information content (AvgIpc) is 2.92. The summed E-state index contributed by atoms with van der Waals surface area (Å²) in [5.74, 6) is -1.25. The summed E-state index contributed by atoms with van der Waals surface area (Å²) in [5, 5.41) is 13.5. The summed E-state index contributed by atoms with van der Waals surface area (Å²) in [6, 6.07) is 9.69. The molecule has 1 atom stereocenters. The predicted octanol–water partition coefficient (Wildman–Crippen LogP) is 2.28. The number of anilines is 1. The third kappa shape index (κ3) is 3.58. The topological polar surface area (TPSA) is 92.4 Å². The normalized spacial score (nSPS) is 11.8. The largest absolute Gasteiger partial charge is 0.481 e. The van der Waals surface area contributed by atoms with Gasteiger partial charge in [0.05, 0.1) is 17.3 Å². The Labute approximate surface area is 120 Å². The van der Waals surface area contributed by atoms with Crippen molar-refractivity contribution >= 4 is 28.9 Å². The van der Waals surface area contributed by atoms with Crippen LogP contribution in [0.25, 0.3) is 0 Å². The fourth-order valence-electron chi connectivity index (χ4n) is 1.79. The lowest BCUT2D eigenvalue weighted by Crippen LogP contribution is -2.29. The molecule has 6 heteroatoms. The molecule has 0 aliphatic carbocycles. The van der Waals surface area contributed by atoms with Crippen molar-refractivity contribution in [3.63, 3.8) is 0 Å². The molecule has 1 aromatic carbocycles. The molecule has 0 aliphatic heterocycles. The first kappa shape index (κ1) is 14.1. The number of thiophene rings is 1. The van der Waals surface area contributed by atoms with Crippen LogP contribution < -0.4 is 11.1 Å². The molecule has 20 heavy (non-hydrogen) atoms. The van der Waals surface area contributed by atoms with E-state index in [0.29, 0.717) is 16.1 Å². The van der Waals surface area contributed by atoms with Crippen LogP contribution in [0.4, 0.5) is 5.69 Å². The van der Waals surface area contributed by atoms with E-state index in [1.165, 1.54) is 11.3 Å². The van der Waals surface area contributed by atoms with Crippen molar-refractivity contribution in [3.05, 3.63) is 52.2 Å². The molecule has 2 rings (SSSR count). The van der Waals surface area contributed by atoms with E-state index in [1.54, 1.807) is 41.8 Å².